The Morgan fingerprint density at radius 2 is 2.16 bits per heavy atom. The quantitative estimate of drug-likeness (QED) is 0.605. The molecule has 0 aliphatic heterocycles. The molecule has 0 unspecified atom stereocenters. The number of carbonyl (C=O) groups excluding carboxylic acids is 1. The van der Waals surface area contributed by atoms with Gasteiger partial charge in [0.05, 0.1) is 13.0 Å². The number of carbonyl (C=O) groups is 1. The molecule has 0 heterocycles. The van der Waals surface area contributed by atoms with Crippen LogP contribution in [-0.4, -0.2) is 19.2 Å². The molecule has 0 aromatic heterocycles. The van der Waals surface area contributed by atoms with E-state index in [2.05, 4.69) is 4.74 Å². The molecule has 106 valence electrons. The zero-order valence-electron chi connectivity index (χ0n) is 10.2. The van der Waals surface area contributed by atoms with Crippen molar-refractivity contribution in [3.63, 3.8) is 0 Å². The lowest BCUT2D eigenvalue weighted by Gasteiger charge is -2.17. The van der Waals surface area contributed by atoms with E-state index in [1.165, 1.54) is 6.07 Å². The summed E-state index contributed by atoms with van der Waals surface area (Å²) in [6, 6.07) is 3.94. The predicted octanol–water partition coefficient (Wildman–Crippen LogP) is 2.85. The van der Waals surface area contributed by atoms with Gasteiger partial charge in [-0.05, 0) is 41.6 Å². The van der Waals surface area contributed by atoms with Gasteiger partial charge in [0.15, 0.2) is 0 Å². The fraction of sp³-hybridized carbons (Fsp3) is 0.417. The molecule has 19 heavy (non-hydrogen) atoms. The minimum absolute atomic E-state index is 0.0151. The number of alkyl halides is 2. The van der Waals surface area contributed by atoms with Gasteiger partial charge in [0.25, 0.3) is 0 Å². The molecular formula is C12H14F2INO3. The summed E-state index contributed by atoms with van der Waals surface area (Å²) in [5.74, 6) is -0.489. The lowest BCUT2D eigenvalue weighted by Crippen LogP contribution is -2.20. The largest absolute Gasteiger partial charge is 0.466 e. The Kier molecular flexibility index (Phi) is 6.43. The minimum Gasteiger partial charge on any atom is -0.466 e. The average Bonchev–Trinajstić information content (AvgIpc) is 2.27. The average molecular weight is 385 g/mol. The van der Waals surface area contributed by atoms with Gasteiger partial charge >= 0.3 is 12.6 Å². The summed E-state index contributed by atoms with van der Waals surface area (Å²) >= 11 is 1.96. The third-order valence-electron chi connectivity index (χ3n) is 2.29. The lowest BCUT2D eigenvalue weighted by atomic mass is 10.0. The van der Waals surface area contributed by atoms with Crippen molar-refractivity contribution in [2.45, 2.75) is 26.0 Å². The van der Waals surface area contributed by atoms with Crippen LogP contribution < -0.4 is 10.5 Å². The summed E-state index contributed by atoms with van der Waals surface area (Å²) in [7, 11) is 0. The normalized spacial score (nSPS) is 12.3. The second-order valence-corrected chi connectivity index (χ2v) is 4.81. The molecule has 0 saturated heterocycles. The predicted molar refractivity (Wildman–Crippen MR) is 74.0 cm³/mol. The lowest BCUT2D eigenvalue weighted by molar-refractivity contribution is -0.143. The number of esters is 1. The Balaban J connectivity index is 2.93. The van der Waals surface area contributed by atoms with Crippen molar-refractivity contribution in [2.24, 2.45) is 5.73 Å². The van der Waals surface area contributed by atoms with E-state index in [-0.39, 0.29) is 18.8 Å². The summed E-state index contributed by atoms with van der Waals surface area (Å²) in [6.07, 6.45) is -0.0898. The van der Waals surface area contributed by atoms with E-state index in [1.54, 1.807) is 19.1 Å². The van der Waals surface area contributed by atoms with E-state index in [0.717, 1.165) is 0 Å². The molecule has 1 atom stereocenters. The standard InChI is InChI=1S/C12H14F2INO3/c1-2-18-10(17)6-8(16)11-7(15)4-3-5-9(11)19-12(13)14/h3-5,8,12H,2,6,16H2,1H3/t8-/m0/s1. The zero-order valence-corrected chi connectivity index (χ0v) is 12.4. The van der Waals surface area contributed by atoms with Gasteiger partial charge in [-0.2, -0.15) is 8.78 Å². The molecule has 7 heteroatoms. The van der Waals surface area contributed by atoms with Crippen LogP contribution in [0.5, 0.6) is 5.75 Å². The summed E-state index contributed by atoms with van der Waals surface area (Å²) < 4.78 is 34.5. The highest BCUT2D eigenvalue weighted by atomic mass is 127. The maximum atomic E-state index is 12.3. The topological polar surface area (TPSA) is 61.5 Å². The second-order valence-electron chi connectivity index (χ2n) is 3.65. The van der Waals surface area contributed by atoms with Crippen LogP contribution in [0.1, 0.15) is 24.9 Å². The SMILES string of the molecule is CCOC(=O)C[C@H](N)c1c(I)cccc1OC(F)F. The maximum Gasteiger partial charge on any atom is 0.387 e. The van der Waals surface area contributed by atoms with Crippen LogP contribution in [0.2, 0.25) is 0 Å². The van der Waals surface area contributed by atoms with Gasteiger partial charge in [-0.15, -0.1) is 0 Å². The molecule has 1 aromatic rings. The van der Waals surface area contributed by atoms with Crippen LogP contribution in [0, 0.1) is 3.57 Å². The molecule has 0 bridgehead atoms. The van der Waals surface area contributed by atoms with Crippen LogP contribution in [-0.2, 0) is 9.53 Å². The van der Waals surface area contributed by atoms with Gasteiger partial charge in [-0.1, -0.05) is 6.07 Å². The Morgan fingerprint density at radius 1 is 1.47 bits per heavy atom. The molecule has 1 rings (SSSR count). The molecule has 4 nitrogen and oxygen atoms in total. The van der Waals surface area contributed by atoms with E-state index in [9.17, 15) is 13.6 Å². The van der Waals surface area contributed by atoms with Crippen molar-refractivity contribution in [1.82, 2.24) is 0 Å². The Bertz CT molecular complexity index is 443. The van der Waals surface area contributed by atoms with E-state index >= 15 is 0 Å². The molecule has 0 fully saturated rings. The molecular weight excluding hydrogens is 371 g/mol. The van der Waals surface area contributed by atoms with E-state index in [4.69, 9.17) is 10.5 Å². The highest BCUT2D eigenvalue weighted by Gasteiger charge is 2.21. The third-order valence-corrected chi connectivity index (χ3v) is 3.23. The van der Waals surface area contributed by atoms with Crippen LogP contribution in [0.3, 0.4) is 0 Å². The number of ether oxygens (including phenoxy) is 2. The van der Waals surface area contributed by atoms with Crippen molar-refractivity contribution in [3.05, 3.63) is 27.3 Å². The van der Waals surface area contributed by atoms with E-state index in [1.807, 2.05) is 22.6 Å². The first-order valence-electron chi connectivity index (χ1n) is 5.60. The number of nitrogens with two attached hydrogens (primary N) is 1. The Hall–Kier alpha value is -0.960. The van der Waals surface area contributed by atoms with Crippen LogP contribution in [0.4, 0.5) is 8.78 Å². The summed E-state index contributed by atoms with van der Waals surface area (Å²) in [4.78, 5) is 11.4. The Morgan fingerprint density at radius 3 is 2.74 bits per heavy atom. The molecule has 0 amide bonds. The van der Waals surface area contributed by atoms with Gasteiger partial charge in [0.1, 0.15) is 5.75 Å². The fourth-order valence-electron chi connectivity index (χ4n) is 1.58. The van der Waals surface area contributed by atoms with Gasteiger partial charge in [0, 0.05) is 15.2 Å². The smallest absolute Gasteiger partial charge is 0.387 e. The molecule has 0 aliphatic rings. The van der Waals surface area contributed by atoms with Crippen LogP contribution in [0.25, 0.3) is 0 Å². The first kappa shape index (κ1) is 16.1. The third kappa shape index (κ3) is 4.90. The zero-order chi connectivity index (χ0) is 14.4. The molecule has 0 spiro atoms. The number of rotatable bonds is 6. The van der Waals surface area contributed by atoms with Crippen molar-refractivity contribution in [2.75, 3.05) is 6.61 Å². The number of hydrogen-bond acceptors (Lipinski definition) is 4. The molecule has 0 saturated carbocycles. The summed E-state index contributed by atoms with van der Waals surface area (Å²) in [6.45, 7) is -1.01. The van der Waals surface area contributed by atoms with Crippen molar-refractivity contribution in [3.8, 4) is 5.75 Å². The molecule has 2 N–H and O–H groups in total. The van der Waals surface area contributed by atoms with E-state index in [0.29, 0.717) is 9.13 Å². The molecule has 0 radical (unpaired) electrons. The minimum atomic E-state index is -2.94. The van der Waals surface area contributed by atoms with Gasteiger partial charge < -0.3 is 15.2 Å². The van der Waals surface area contributed by atoms with Crippen molar-refractivity contribution >= 4 is 28.6 Å². The maximum absolute atomic E-state index is 12.3. The van der Waals surface area contributed by atoms with Gasteiger partial charge in [0.2, 0.25) is 0 Å². The highest BCUT2D eigenvalue weighted by molar-refractivity contribution is 14.1. The van der Waals surface area contributed by atoms with E-state index < -0.39 is 18.6 Å². The van der Waals surface area contributed by atoms with Gasteiger partial charge in [-0.25, -0.2) is 0 Å². The van der Waals surface area contributed by atoms with Crippen LogP contribution >= 0.6 is 22.6 Å². The van der Waals surface area contributed by atoms with Gasteiger partial charge in [-0.3, -0.25) is 4.79 Å². The summed E-state index contributed by atoms with van der Waals surface area (Å²) in [5.41, 5.74) is 6.26. The first-order chi connectivity index (χ1) is 8.95. The molecule has 1 aromatic carbocycles. The van der Waals surface area contributed by atoms with Crippen LogP contribution in [0.15, 0.2) is 18.2 Å². The second kappa shape index (κ2) is 7.59. The summed E-state index contributed by atoms with van der Waals surface area (Å²) in [5, 5.41) is 0. The van der Waals surface area contributed by atoms with Crippen molar-refractivity contribution in [1.29, 1.82) is 0 Å². The number of benzene rings is 1. The monoisotopic (exact) mass is 385 g/mol. The number of halogens is 3. The molecule has 0 aliphatic carbocycles. The Labute approximate surface area is 123 Å². The number of hydrogen-bond donors (Lipinski definition) is 1. The van der Waals surface area contributed by atoms with Crippen molar-refractivity contribution < 1.29 is 23.0 Å². The first-order valence-corrected chi connectivity index (χ1v) is 6.68. The highest BCUT2D eigenvalue weighted by Crippen LogP contribution is 2.31. The fourth-order valence-corrected chi connectivity index (χ4v) is 2.45.